The summed E-state index contributed by atoms with van der Waals surface area (Å²) in [4.78, 5) is 0. The van der Waals surface area contributed by atoms with Gasteiger partial charge in [0.2, 0.25) is 0 Å². The Morgan fingerprint density at radius 1 is 1.08 bits per heavy atom. The molecular weight excluding hydrogens is 144 g/mol. The predicted molar refractivity (Wildman–Crippen MR) is 55.1 cm³/mol. The maximum atomic E-state index is 2.46. The van der Waals surface area contributed by atoms with Crippen LogP contribution in [0.1, 0.15) is 53.9 Å². The second kappa shape index (κ2) is 3.40. The Morgan fingerprint density at radius 2 is 1.67 bits per heavy atom. The topological polar surface area (TPSA) is 0 Å². The molecule has 0 radical (unpaired) electrons. The molecule has 72 valence electrons. The molecule has 0 aromatic rings. The molecule has 0 saturated heterocycles. The minimum absolute atomic E-state index is 0.706. The summed E-state index contributed by atoms with van der Waals surface area (Å²) in [5.74, 6) is 3.15. The molecule has 0 heteroatoms. The van der Waals surface area contributed by atoms with Crippen LogP contribution in [0, 0.1) is 23.2 Å². The van der Waals surface area contributed by atoms with E-state index in [1.807, 2.05) is 13.8 Å². The van der Waals surface area contributed by atoms with Crippen molar-refractivity contribution in [2.24, 2.45) is 23.2 Å². The van der Waals surface area contributed by atoms with Gasteiger partial charge in [0.15, 0.2) is 0 Å². The Kier molecular flexibility index (Phi) is 2.85. The number of rotatable bonds is 0. The lowest BCUT2D eigenvalue weighted by atomic mass is 9.46. The fraction of sp³-hybridized carbons (Fsp3) is 1.00. The van der Waals surface area contributed by atoms with Gasteiger partial charge in [-0.2, -0.15) is 0 Å². The molecule has 3 aliphatic rings. The summed E-state index contributed by atoms with van der Waals surface area (Å²) in [6.45, 7) is 11.4. The highest BCUT2D eigenvalue weighted by Crippen LogP contribution is 2.61. The third kappa shape index (κ3) is 1.30. The average molecular weight is 168 g/mol. The summed E-state index contributed by atoms with van der Waals surface area (Å²) in [5.41, 5.74) is 0.706. The molecular formula is C12H24. The van der Waals surface area contributed by atoms with Crippen LogP contribution < -0.4 is 0 Å². The van der Waals surface area contributed by atoms with E-state index in [2.05, 4.69) is 20.8 Å². The van der Waals surface area contributed by atoms with E-state index in [1.165, 1.54) is 19.3 Å². The van der Waals surface area contributed by atoms with Gasteiger partial charge in [-0.05, 0) is 36.0 Å². The van der Waals surface area contributed by atoms with E-state index in [9.17, 15) is 0 Å². The molecule has 0 N–H and O–H groups in total. The molecule has 3 saturated carbocycles. The predicted octanol–water partition coefficient (Wildman–Crippen LogP) is 4.10. The fourth-order valence-corrected chi connectivity index (χ4v) is 3.18. The first-order valence-corrected chi connectivity index (χ1v) is 5.62. The van der Waals surface area contributed by atoms with Crippen LogP contribution >= 0.6 is 0 Å². The van der Waals surface area contributed by atoms with Crippen LogP contribution in [0.4, 0.5) is 0 Å². The van der Waals surface area contributed by atoms with Gasteiger partial charge in [-0.3, -0.25) is 0 Å². The lowest BCUT2D eigenvalue weighted by molar-refractivity contribution is -0.0988. The average Bonchev–Trinajstić information content (AvgIpc) is 2.07. The first-order valence-electron chi connectivity index (χ1n) is 5.62. The van der Waals surface area contributed by atoms with Crippen molar-refractivity contribution in [2.75, 3.05) is 0 Å². The van der Waals surface area contributed by atoms with Crippen molar-refractivity contribution in [1.82, 2.24) is 0 Å². The van der Waals surface area contributed by atoms with Crippen molar-refractivity contribution in [2.45, 2.75) is 53.9 Å². The zero-order chi connectivity index (χ0) is 9.35. The molecule has 0 aliphatic heterocycles. The molecule has 0 aromatic heterocycles. The molecule has 0 nitrogen and oxygen atoms in total. The van der Waals surface area contributed by atoms with Crippen molar-refractivity contribution in [1.29, 1.82) is 0 Å². The third-order valence-corrected chi connectivity index (χ3v) is 4.20. The summed E-state index contributed by atoms with van der Waals surface area (Å²) in [6, 6.07) is 0. The summed E-state index contributed by atoms with van der Waals surface area (Å²) in [5, 5.41) is 0. The van der Waals surface area contributed by atoms with E-state index < -0.39 is 0 Å². The van der Waals surface area contributed by atoms with E-state index in [0.29, 0.717) is 5.41 Å². The van der Waals surface area contributed by atoms with Crippen molar-refractivity contribution < 1.29 is 0 Å². The Hall–Kier alpha value is 0. The van der Waals surface area contributed by atoms with Crippen LogP contribution in [0.25, 0.3) is 0 Å². The molecule has 0 spiro atoms. The Bertz CT molecular complexity index is 144. The van der Waals surface area contributed by atoms with Crippen molar-refractivity contribution in [3.05, 3.63) is 0 Å². The first-order chi connectivity index (χ1) is 5.62. The monoisotopic (exact) mass is 168 g/mol. The molecule has 0 heterocycles. The third-order valence-electron chi connectivity index (χ3n) is 4.20. The van der Waals surface area contributed by atoms with Crippen molar-refractivity contribution in [3.63, 3.8) is 0 Å². The molecule has 1 unspecified atom stereocenters. The van der Waals surface area contributed by atoms with E-state index in [-0.39, 0.29) is 0 Å². The zero-order valence-corrected chi connectivity index (χ0v) is 9.35. The maximum absolute atomic E-state index is 2.46. The van der Waals surface area contributed by atoms with Gasteiger partial charge in [0.1, 0.15) is 0 Å². The number of fused-ring (bicyclic) bond motifs is 2. The van der Waals surface area contributed by atoms with Crippen LogP contribution in [0.2, 0.25) is 0 Å². The van der Waals surface area contributed by atoms with E-state index in [4.69, 9.17) is 0 Å². The normalized spacial score (nSPS) is 42.2. The van der Waals surface area contributed by atoms with Gasteiger partial charge in [-0.25, -0.2) is 0 Å². The van der Waals surface area contributed by atoms with Crippen molar-refractivity contribution >= 4 is 0 Å². The summed E-state index contributed by atoms with van der Waals surface area (Å²) in [7, 11) is 0. The van der Waals surface area contributed by atoms with Crippen LogP contribution in [0.5, 0.6) is 0 Å². The van der Waals surface area contributed by atoms with Crippen molar-refractivity contribution in [3.8, 4) is 0 Å². The van der Waals surface area contributed by atoms with Gasteiger partial charge < -0.3 is 0 Å². The van der Waals surface area contributed by atoms with Gasteiger partial charge in [0.05, 0.1) is 0 Å². The van der Waals surface area contributed by atoms with E-state index >= 15 is 0 Å². The number of hydrogen-bond donors (Lipinski definition) is 0. The van der Waals surface area contributed by atoms with Gasteiger partial charge in [-0.1, -0.05) is 41.0 Å². The molecule has 0 amide bonds. The minimum atomic E-state index is 0.706. The van der Waals surface area contributed by atoms with Gasteiger partial charge >= 0.3 is 0 Å². The minimum Gasteiger partial charge on any atom is -0.0683 e. The Balaban J connectivity index is 0.000000336. The second-order valence-electron chi connectivity index (χ2n) is 4.92. The summed E-state index contributed by atoms with van der Waals surface area (Å²) < 4.78 is 0. The molecule has 12 heavy (non-hydrogen) atoms. The maximum Gasteiger partial charge on any atom is -0.0295 e. The SMILES string of the molecule is CC.CC1CC[C@H]2C[C@@H]1C2(C)C. The highest BCUT2D eigenvalue weighted by Gasteiger charge is 2.52. The van der Waals surface area contributed by atoms with Gasteiger partial charge in [0.25, 0.3) is 0 Å². The lowest BCUT2D eigenvalue weighted by Crippen LogP contribution is -2.51. The highest BCUT2D eigenvalue weighted by atomic mass is 14.6. The Morgan fingerprint density at radius 3 is 1.92 bits per heavy atom. The van der Waals surface area contributed by atoms with Crippen LogP contribution in [0.15, 0.2) is 0 Å². The molecule has 2 bridgehead atoms. The van der Waals surface area contributed by atoms with Crippen LogP contribution in [-0.2, 0) is 0 Å². The smallest absolute Gasteiger partial charge is 0.0295 e. The largest absolute Gasteiger partial charge is 0.0683 e. The molecule has 3 atom stereocenters. The molecule has 3 rings (SSSR count). The number of hydrogen-bond acceptors (Lipinski definition) is 0. The first kappa shape index (κ1) is 10.1. The van der Waals surface area contributed by atoms with E-state index in [0.717, 1.165) is 17.8 Å². The molecule has 3 aliphatic carbocycles. The van der Waals surface area contributed by atoms with Gasteiger partial charge in [0, 0.05) is 0 Å². The van der Waals surface area contributed by atoms with E-state index in [1.54, 1.807) is 0 Å². The second-order valence-corrected chi connectivity index (χ2v) is 4.92. The highest BCUT2D eigenvalue weighted by molar-refractivity contribution is 5.01. The molecule has 0 aromatic carbocycles. The summed E-state index contributed by atoms with van der Waals surface area (Å²) in [6.07, 6.45) is 4.54. The fourth-order valence-electron chi connectivity index (χ4n) is 3.18. The molecule has 3 fully saturated rings. The van der Waals surface area contributed by atoms with Crippen LogP contribution in [0.3, 0.4) is 0 Å². The van der Waals surface area contributed by atoms with Crippen LogP contribution in [-0.4, -0.2) is 0 Å². The Labute approximate surface area is 77.7 Å². The quantitative estimate of drug-likeness (QED) is 0.511. The standard InChI is InChI=1S/C10H18.C2H6/c1-7-4-5-8-6-9(7)10(8,2)3;1-2/h7-9H,4-6H2,1-3H3;1-2H3/t7?,8-,9-;/m0./s1. The lowest BCUT2D eigenvalue weighted by Gasteiger charge is -2.59. The van der Waals surface area contributed by atoms with Gasteiger partial charge in [-0.15, -0.1) is 0 Å². The zero-order valence-electron chi connectivity index (χ0n) is 9.35. The summed E-state index contributed by atoms with van der Waals surface area (Å²) >= 11 is 0.